The SMILES string of the molecule is c1ccc2c(c1)Sc1ccccc1C2SC[C@@H]1CCCN2CCCC[C@H]12. The second-order valence-electron chi connectivity index (χ2n) is 7.89. The highest BCUT2D eigenvalue weighted by Gasteiger charge is 2.34. The minimum Gasteiger partial charge on any atom is -0.300 e. The minimum absolute atomic E-state index is 0.502. The van der Waals surface area contributed by atoms with Crippen LogP contribution in [0, 0.1) is 5.92 Å². The number of nitrogens with zero attached hydrogens (tertiary/aromatic N) is 1. The molecule has 3 heteroatoms. The van der Waals surface area contributed by atoms with Crippen molar-refractivity contribution in [1.82, 2.24) is 4.90 Å². The van der Waals surface area contributed by atoms with Gasteiger partial charge in [-0.1, -0.05) is 54.6 Å². The Kier molecular flexibility index (Phi) is 5.04. The van der Waals surface area contributed by atoms with Crippen molar-refractivity contribution in [3.05, 3.63) is 59.7 Å². The van der Waals surface area contributed by atoms with Gasteiger partial charge in [0.2, 0.25) is 0 Å². The molecule has 0 unspecified atom stereocenters. The Labute approximate surface area is 165 Å². The van der Waals surface area contributed by atoms with Crippen LogP contribution < -0.4 is 0 Å². The molecule has 2 aromatic rings. The third kappa shape index (κ3) is 3.23. The first-order valence-corrected chi connectivity index (χ1v) is 12.0. The predicted molar refractivity (Wildman–Crippen MR) is 113 cm³/mol. The highest BCUT2D eigenvalue weighted by Crippen LogP contribution is 2.51. The van der Waals surface area contributed by atoms with Crippen molar-refractivity contribution < 1.29 is 0 Å². The molecule has 0 aliphatic carbocycles. The molecule has 0 amide bonds. The molecule has 3 aliphatic heterocycles. The van der Waals surface area contributed by atoms with Gasteiger partial charge in [-0.15, -0.1) is 11.8 Å². The number of hydrogen-bond donors (Lipinski definition) is 0. The Hall–Kier alpha value is -0.900. The van der Waals surface area contributed by atoms with Crippen LogP contribution in [0.15, 0.2) is 58.3 Å². The second kappa shape index (κ2) is 7.61. The van der Waals surface area contributed by atoms with Gasteiger partial charge in [0.15, 0.2) is 0 Å². The van der Waals surface area contributed by atoms with Crippen LogP contribution in [0.25, 0.3) is 0 Å². The van der Waals surface area contributed by atoms with Crippen LogP contribution >= 0.6 is 23.5 Å². The van der Waals surface area contributed by atoms with Gasteiger partial charge in [0, 0.05) is 15.8 Å². The van der Waals surface area contributed by atoms with E-state index in [0.29, 0.717) is 5.25 Å². The fourth-order valence-corrected chi connectivity index (χ4v) is 7.92. The Morgan fingerprint density at radius 3 is 2.31 bits per heavy atom. The zero-order valence-electron chi connectivity index (χ0n) is 15.3. The van der Waals surface area contributed by atoms with Gasteiger partial charge in [0.25, 0.3) is 0 Å². The van der Waals surface area contributed by atoms with Crippen LogP contribution in [0.3, 0.4) is 0 Å². The standard InChI is InChI=1S/C23H27NS2/c1-3-12-21-18(9-1)23(19-10-2-4-13-22(19)26-21)25-16-17-8-7-15-24-14-6-5-11-20(17)24/h1-4,9-10,12-13,17,20,23H,5-8,11,14-16H2/t17-,20+/m0/s1. The highest BCUT2D eigenvalue weighted by atomic mass is 32.2. The smallest absolute Gasteiger partial charge is 0.0569 e. The van der Waals surface area contributed by atoms with Gasteiger partial charge < -0.3 is 4.90 Å². The molecule has 2 saturated heterocycles. The molecule has 3 heterocycles. The van der Waals surface area contributed by atoms with Crippen molar-refractivity contribution in [3.8, 4) is 0 Å². The van der Waals surface area contributed by atoms with Crippen LogP contribution in [0.2, 0.25) is 0 Å². The fourth-order valence-electron chi connectivity index (χ4n) is 5.04. The van der Waals surface area contributed by atoms with Crippen molar-refractivity contribution >= 4 is 23.5 Å². The van der Waals surface area contributed by atoms with Crippen molar-refractivity contribution in [3.63, 3.8) is 0 Å². The molecule has 2 fully saturated rings. The van der Waals surface area contributed by atoms with Crippen LogP contribution in [0.4, 0.5) is 0 Å². The molecule has 26 heavy (non-hydrogen) atoms. The number of fused-ring (bicyclic) bond motifs is 3. The first-order chi connectivity index (χ1) is 12.9. The summed E-state index contributed by atoms with van der Waals surface area (Å²) < 4.78 is 0. The lowest BCUT2D eigenvalue weighted by Gasteiger charge is -2.44. The summed E-state index contributed by atoms with van der Waals surface area (Å²) in [5, 5.41) is 0.502. The molecular weight excluding hydrogens is 354 g/mol. The Morgan fingerprint density at radius 2 is 1.54 bits per heavy atom. The molecule has 0 N–H and O–H groups in total. The van der Waals surface area contributed by atoms with E-state index in [2.05, 4.69) is 65.2 Å². The van der Waals surface area contributed by atoms with Crippen LogP contribution in [0.1, 0.15) is 48.5 Å². The molecule has 1 nitrogen and oxygen atoms in total. The van der Waals surface area contributed by atoms with E-state index in [4.69, 9.17) is 0 Å². The second-order valence-corrected chi connectivity index (χ2v) is 10.1. The number of piperidine rings is 2. The molecular formula is C23H27NS2. The zero-order valence-corrected chi connectivity index (χ0v) is 16.9. The van der Waals surface area contributed by atoms with Crippen molar-refractivity contribution in [1.29, 1.82) is 0 Å². The van der Waals surface area contributed by atoms with E-state index in [1.807, 2.05) is 11.8 Å². The molecule has 2 aromatic carbocycles. The first kappa shape index (κ1) is 17.2. The average Bonchev–Trinajstić information content (AvgIpc) is 2.71. The minimum atomic E-state index is 0.502. The number of benzene rings is 2. The number of thioether (sulfide) groups is 1. The summed E-state index contributed by atoms with van der Waals surface area (Å²) in [7, 11) is 0. The maximum absolute atomic E-state index is 2.80. The van der Waals surface area contributed by atoms with Gasteiger partial charge in [-0.05, 0) is 73.7 Å². The Bertz CT molecular complexity index is 727. The molecule has 0 radical (unpaired) electrons. The molecule has 3 aliphatic rings. The number of hydrogen-bond acceptors (Lipinski definition) is 3. The van der Waals surface area contributed by atoms with Gasteiger partial charge in [-0.25, -0.2) is 0 Å². The van der Waals surface area contributed by atoms with E-state index >= 15 is 0 Å². The lowest BCUT2D eigenvalue weighted by molar-refractivity contribution is 0.0693. The van der Waals surface area contributed by atoms with E-state index in [0.717, 1.165) is 12.0 Å². The predicted octanol–water partition coefficient (Wildman–Crippen LogP) is 6.24. The van der Waals surface area contributed by atoms with Gasteiger partial charge in [0.1, 0.15) is 0 Å². The average molecular weight is 382 g/mol. The molecule has 0 saturated carbocycles. The van der Waals surface area contributed by atoms with E-state index in [1.54, 1.807) is 0 Å². The number of rotatable bonds is 3. The van der Waals surface area contributed by atoms with Crippen molar-refractivity contribution in [2.24, 2.45) is 5.92 Å². The zero-order chi connectivity index (χ0) is 17.3. The highest BCUT2D eigenvalue weighted by molar-refractivity contribution is 8.01. The Morgan fingerprint density at radius 1 is 0.846 bits per heavy atom. The maximum atomic E-state index is 2.80. The largest absolute Gasteiger partial charge is 0.300 e. The third-order valence-corrected chi connectivity index (χ3v) is 8.97. The summed E-state index contributed by atoms with van der Waals surface area (Å²) >= 11 is 4.15. The van der Waals surface area contributed by atoms with Crippen molar-refractivity contribution in [2.75, 3.05) is 18.8 Å². The monoisotopic (exact) mass is 381 g/mol. The van der Waals surface area contributed by atoms with E-state index in [1.165, 1.54) is 71.9 Å². The molecule has 5 rings (SSSR count). The molecule has 0 aromatic heterocycles. The van der Waals surface area contributed by atoms with Crippen LogP contribution in [-0.4, -0.2) is 29.8 Å². The first-order valence-electron chi connectivity index (χ1n) is 10.1. The fraction of sp³-hybridized carbons (Fsp3) is 0.478. The summed E-state index contributed by atoms with van der Waals surface area (Å²) in [6.45, 7) is 2.69. The van der Waals surface area contributed by atoms with E-state index in [-0.39, 0.29) is 0 Å². The summed E-state index contributed by atoms with van der Waals surface area (Å²) in [4.78, 5) is 5.70. The van der Waals surface area contributed by atoms with Crippen LogP contribution in [-0.2, 0) is 0 Å². The van der Waals surface area contributed by atoms with Gasteiger partial charge in [-0.2, -0.15) is 0 Å². The summed E-state index contributed by atoms with van der Waals surface area (Å²) in [5.41, 5.74) is 3.05. The van der Waals surface area contributed by atoms with Gasteiger partial charge in [0.05, 0.1) is 5.25 Å². The third-order valence-electron chi connectivity index (χ3n) is 6.33. The quantitative estimate of drug-likeness (QED) is 0.620. The topological polar surface area (TPSA) is 3.24 Å². The van der Waals surface area contributed by atoms with Crippen LogP contribution in [0.5, 0.6) is 0 Å². The molecule has 0 bridgehead atoms. The lowest BCUT2D eigenvalue weighted by atomic mass is 9.85. The van der Waals surface area contributed by atoms with Crippen molar-refractivity contribution in [2.45, 2.75) is 53.2 Å². The maximum Gasteiger partial charge on any atom is 0.0569 e. The van der Waals surface area contributed by atoms with E-state index in [9.17, 15) is 0 Å². The van der Waals surface area contributed by atoms with Gasteiger partial charge in [-0.3, -0.25) is 0 Å². The lowest BCUT2D eigenvalue weighted by Crippen LogP contribution is -2.48. The summed E-state index contributed by atoms with van der Waals surface area (Å²) in [5.74, 6) is 2.18. The molecule has 136 valence electrons. The van der Waals surface area contributed by atoms with E-state index < -0.39 is 0 Å². The molecule has 0 spiro atoms. The Balaban J connectivity index is 1.38. The summed E-state index contributed by atoms with van der Waals surface area (Å²) in [6, 6.07) is 18.9. The van der Waals surface area contributed by atoms with Gasteiger partial charge >= 0.3 is 0 Å². The molecule has 2 atom stereocenters. The summed E-state index contributed by atoms with van der Waals surface area (Å²) in [6.07, 6.45) is 7.11. The normalized spacial score (nSPS) is 26.0.